The maximum Gasteiger partial charge on any atom is 0.254 e. The predicted octanol–water partition coefficient (Wildman–Crippen LogP) is 4.13. The lowest BCUT2D eigenvalue weighted by Crippen LogP contribution is -2.39. The van der Waals surface area contributed by atoms with E-state index in [-0.39, 0.29) is 5.91 Å². The Morgan fingerprint density at radius 1 is 0.971 bits per heavy atom. The Bertz CT molecular complexity index is 1410. The molecule has 1 aliphatic carbocycles. The van der Waals surface area contributed by atoms with Crippen molar-refractivity contribution < 1.29 is 9.21 Å². The van der Waals surface area contributed by atoms with Gasteiger partial charge in [-0.2, -0.15) is 0 Å². The standard InChI is InChI=1S/C28H30N4O2/c1-30(2)19-9-11-23-25(17-19)34-26-18-20(31(3)4)10-12-24(26)27(23)21-7-5-6-8-22(21)28(33)32-15-13-29-14-16-32/h5-12,17-18H,13-16H2,1-4H3. The predicted molar refractivity (Wildman–Crippen MR) is 139 cm³/mol. The quantitative estimate of drug-likeness (QED) is 0.346. The SMILES string of the molecule is CN(C)c1ccc2c(-c3ccccc3C(=O)N3CC[N-]CC3)c3ccc(=[N+](C)C)cc-3oc2c1. The van der Waals surface area contributed by atoms with Gasteiger partial charge in [-0.15, -0.1) is 13.1 Å². The Morgan fingerprint density at radius 2 is 1.74 bits per heavy atom. The van der Waals surface area contributed by atoms with Gasteiger partial charge in [0.15, 0.2) is 0 Å². The third kappa shape index (κ3) is 3.94. The van der Waals surface area contributed by atoms with Crippen LogP contribution >= 0.6 is 0 Å². The molecule has 1 amide bonds. The van der Waals surface area contributed by atoms with Gasteiger partial charge in [-0.25, -0.2) is 4.58 Å². The molecule has 174 valence electrons. The van der Waals surface area contributed by atoms with Gasteiger partial charge in [0.1, 0.15) is 25.4 Å². The summed E-state index contributed by atoms with van der Waals surface area (Å²) in [6, 6.07) is 20.5. The molecule has 5 rings (SSSR count). The first-order chi connectivity index (χ1) is 16.4. The number of carbonyl (C=O) groups is 1. The number of rotatable bonds is 3. The van der Waals surface area contributed by atoms with Crippen LogP contribution in [0.25, 0.3) is 38.7 Å². The molecule has 0 bridgehead atoms. The van der Waals surface area contributed by atoms with Crippen LogP contribution in [0.15, 0.2) is 65.1 Å². The first-order valence-corrected chi connectivity index (χ1v) is 11.6. The van der Waals surface area contributed by atoms with Gasteiger partial charge < -0.3 is 19.5 Å². The van der Waals surface area contributed by atoms with Gasteiger partial charge in [-0.3, -0.25) is 4.79 Å². The van der Waals surface area contributed by atoms with Gasteiger partial charge >= 0.3 is 0 Å². The average molecular weight is 455 g/mol. The topological polar surface area (TPSA) is 53.8 Å². The molecule has 1 saturated heterocycles. The largest absolute Gasteiger partial charge is 0.659 e. The van der Waals surface area contributed by atoms with Gasteiger partial charge in [-0.1, -0.05) is 18.2 Å². The zero-order valence-electron chi connectivity index (χ0n) is 20.2. The van der Waals surface area contributed by atoms with Gasteiger partial charge in [-0.05, 0) is 29.8 Å². The van der Waals surface area contributed by atoms with Gasteiger partial charge in [0.25, 0.3) is 5.91 Å². The second kappa shape index (κ2) is 8.95. The molecular weight excluding hydrogens is 424 g/mol. The smallest absolute Gasteiger partial charge is 0.254 e. The number of carbonyl (C=O) groups excluding carboxylic acids is 1. The van der Waals surface area contributed by atoms with Crippen LogP contribution in [0.3, 0.4) is 0 Å². The van der Waals surface area contributed by atoms with Crippen molar-refractivity contribution in [1.82, 2.24) is 9.48 Å². The second-order valence-electron chi connectivity index (χ2n) is 9.14. The van der Waals surface area contributed by atoms with Crippen LogP contribution in [0.4, 0.5) is 5.69 Å². The van der Waals surface area contributed by atoms with Crippen LogP contribution in [0.1, 0.15) is 10.4 Å². The molecule has 0 atom stereocenters. The molecular formula is C28H30N4O2. The monoisotopic (exact) mass is 454 g/mol. The number of piperazine rings is 1. The number of anilines is 1. The van der Waals surface area contributed by atoms with Crippen LogP contribution in [0.5, 0.6) is 0 Å². The van der Waals surface area contributed by atoms with Crippen molar-refractivity contribution in [3.05, 3.63) is 76.9 Å². The second-order valence-corrected chi connectivity index (χ2v) is 9.14. The van der Waals surface area contributed by atoms with E-state index >= 15 is 0 Å². The van der Waals surface area contributed by atoms with Crippen molar-refractivity contribution in [2.75, 3.05) is 59.3 Å². The molecule has 0 spiro atoms. The molecule has 0 aromatic heterocycles. The van der Waals surface area contributed by atoms with E-state index in [9.17, 15) is 4.79 Å². The Labute approximate surface area is 200 Å². The highest BCUT2D eigenvalue weighted by Gasteiger charge is 2.24. The van der Waals surface area contributed by atoms with Gasteiger partial charge in [0.05, 0.1) is 6.07 Å². The molecule has 0 unspecified atom stereocenters. The molecule has 3 aliphatic rings. The molecule has 0 radical (unpaired) electrons. The minimum Gasteiger partial charge on any atom is -0.659 e. The number of benzene rings is 3. The summed E-state index contributed by atoms with van der Waals surface area (Å²) in [6.45, 7) is 2.73. The highest BCUT2D eigenvalue weighted by molar-refractivity contribution is 6.09. The third-order valence-corrected chi connectivity index (χ3v) is 6.49. The zero-order valence-corrected chi connectivity index (χ0v) is 20.2. The number of fused-ring (bicyclic) bond motifs is 2. The molecule has 2 aromatic rings. The Morgan fingerprint density at radius 3 is 2.47 bits per heavy atom. The van der Waals surface area contributed by atoms with Crippen molar-refractivity contribution in [2.45, 2.75) is 0 Å². The Kier molecular flexibility index (Phi) is 5.84. The zero-order chi connectivity index (χ0) is 23.8. The minimum atomic E-state index is 0.0578. The Hall–Kier alpha value is -3.64. The van der Waals surface area contributed by atoms with Crippen molar-refractivity contribution in [1.29, 1.82) is 0 Å². The molecule has 2 heterocycles. The average Bonchev–Trinajstić information content (AvgIpc) is 2.86. The molecule has 0 N–H and O–H groups in total. The molecule has 6 nitrogen and oxygen atoms in total. The third-order valence-electron chi connectivity index (χ3n) is 6.49. The van der Waals surface area contributed by atoms with Crippen LogP contribution in [0, 0.1) is 0 Å². The first-order valence-electron chi connectivity index (χ1n) is 11.6. The lowest BCUT2D eigenvalue weighted by atomic mass is 9.90. The van der Waals surface area contributed by atoms with E-state index < -0.39 is 0 Å². The molecule has 2 aromatic carbocycles. The lowest BCUT2D eigenvalue weighted by Gasteiger charge is -2.35. The van der Waals surface area contributed by atoms with Crippen molar-refractivity contribution in [3.8, 4) is 22.5 Å². The summed E-state index contributed by atoms with van der Waals surface area (Å²) in [5.41, 5.74) is 5.51. The van der Waals surface area contributed by atoms with Crippen LogP contribution in [-0.4, -0.2) is 65.2 Å². The molecule has 2 aliphatic heterocycles. The lowest BCUT2D eigenvalue weighted by molar-refractivity contribution is 0.0759. The van der Waals surface area contributed by atoms with Gasteiger partial charge in [0.2, 0.25) is 5.36 Å². The van der Waals surface area contributed by atoms with E-state index in [0.29, 0.717) is 31.7 Å². The fourth-order valence-corrected chi connectivity index (χ4v) is 4.58. The van der Waals surface area contributed by atoms with E-state index in [1.54, 1.807) is 0 Å². The van der Waals surface area contributed by atoms with Crippen molar-refractivity contribution >= 4 is 22.6 Å². The summed E-state index contributed by atoms with van der Waals surface area (Å²) in [4.78, 5) is 17.6. The van der Waals surface area contributed by atoms with Crippen LogP contribution < -0.4 is 14.8 Å². The molecule has 6 heteroatoms. The van der Waals surface area contributed by atoms with Gasteiger partial charge in [0, 0.05) is 67.1 Å². The maximum atomic E-state index is 13.6. The van der Waals surface area contributed by atoms with Crippen molar-refractivity contribution in [3.63, 3.8) is 0 Å². The van der Waals surface area contributed by atoms with E-state index in [0.717, 1.165) is 44.5 Å². The highest BCUT2D eigenvalue weighted by Crippen LogP contribution is 2.42. The van der Waals surface area contributed by atoms with Crippen molar-refractivity contribution in [2.24, 2.45) is 0 Å². The summed E-state index contributed by atoms with van der Waals surface area (Å²) in [5.74, 6) is 0.853. The molecule has 0 saturated carbocycles. The first kappa shape index (κ1) is 22.2. The fraction of sp³-hybridized carbons (Fsp3) is 0.286. The number of nitrogens with zero attached hydrogens (tertiary/aromatic N) is 4. The van der Waals surface area contributed by atoms with E-state index in [2.05, 4.69) is 57.3 Å². The summed E-state index contributed by atoms with van der Waals surface area (Å²) in [5, 5.41) is 6.45. The maximum absolute atomic E-state index is 13.6. The fourth-order valence-electron chi connectivity index (χ4n) is 4.58. The molecule has 34 heavy (non-hydrogen) atoms. The minimum absolute atomic E-state index is 0.0578. The molecule has 1 fully saturated rings. The summed E-state index contributed by atoms with van der Waals surface area (Å²) in [7, 11) is 8.08. The number of hydrogen-bond acceptors (Lipinski definition) is 3. The summed E-state index contributed by atoms with van der Waals surface area (Å²) >= 11 is 0. The van der Waals surface area contributed by atoms with E-state index in [4.69, 9.17) is 4.42 Å². The van der Waals surface area contributed by atoms with Crippen LogP contribution in [0.2, 0.25) is 0 Å². The van der Waals surface area contributed by atoms with E-state index in [1.807, 2.05) is 51.3 Å². The summed E-state index contributed by atoms with van der Waals surface area (Å²) < 4.78 is 8.51. The number of amides is 1. The summed E-state index contributed by atoms with van der Waals surface area (Å²) in [6.07, 6.45) is 0. The van der Waals surface area contributed by atoms with Crippen LogP contribution in [-0.2, 0) is 0 Å². The van der Waals surface area contributed by atoms with E-state index in [1.165, 1.54) is 0 Å². The Balaban J connectivity index is 1.81. The highest BCUT2D eigenvalue weighted by atomic mass is 16.3. The normalized spacial score (nSPS) is 13.9. The number of hydrogen-bond donors (Lipinski definition) is 0.